The third-order valence-electron chi connectivity index (χ3n) is 5.49. The molecule has 0 aliphatic carbocycles. The lowest BCUT2D eigenvalue weighted by Crippen LogP contribution is -2.29. The fraction of sp³-hybridized carbons (Fsp3) is 0.304. The summed E-state index contributed by atoms with van der Waals surface area (Å²) in [7, 11) is 0. The van der Waals surface area contributed by atoms with Crippen LogP contribution in [0.4, 0.5) is 20.2 Å². The molecule has 0 radical (unpaired) electrons. The highest BCUT2D eigenvalue weighted by molar-refractivity contribution is 6.06. The molecule has 3 aromatic rings. The second-order valence-electron chi connectivity index (χ2n) is 7.42. The number of carbonyl (C=O) groups excluding carboxylic acids is 1. The van der Waals surface area contributed by atoms with Gasteiger partial charge in [-0.25, -0.2) is 8.78 Å². The van der Waals surface area contributed by atoms with Crippen LogP contribution in [0.15, 0.2) is 42.5 Å². The van der Waals surface area contributed by atoms with E-state index in [0.29, 0.717) is 23.5 Å². The van der Waals surface area contributed by atoms with Crippen LogP contribution in [0.25, 0.3) is 11.3 Å². The first-order valence-electron chi connectivity index (χ1n) is 10.3. The summed E-state index contributed by atoms with van der Waals surface area (Å²) in [6, 6.07) is 11.4. The van der Waals surface area contributed by atoms with Crippen molar-refractivity contribution in [2.45, 2.75) is 32.6 Å². The van der Waals surface area contributed by atoms with Crippen LogP contribution in [0.5, 0.6) is 0 Å². The van der Waals surface area contributed by atoms with Crippen LogP contribution in [-0.2, 0) is 6.42 Å². The number of H-pyrrole nitrogens is 1. The van der Waals surface area contributed by atoms with Crippen LogP contribution in [0.3, 0.4) is 0 Å². The molecular weight excluding hydrogens is 386 g/mol. The molecule has 4 rings (SSSR count). The summed E-state index contributed by atoms with van der Waals surface area (Å²) in [5.74, 6) is -2.64. The van der Waals surface area contributed by atoms with Crippen molar-refractivity contribution < 1.29 is 13.6 Å². The molecular formula is C23H24F2N4O. The zero-order chi connectivity index (χ0) is 21.1. The molecule has 7 heteroatoms. The Hall–Kier alpha value is -3.22. The van der Waals surface area contributed by atoms with Gasteiger partial charge in [0.25, 0.3) is 5.91 Å². The van der Waals surface area contributed by atoms with Crippen molar-refractivity contribution in [3.63, 3.8) is 0 Å². The van der Waals surface area contributed by atoms with Crippen molar-refractivity contribution in [3.05, 3.63) is 65.4 Å². The van der Waals surface area contributed by atoms with E-state index in [1.165, 1.54) is 25.3 Å². The summed E-state index contributed by atoms with van der Waals surface area (Å²) in [4.78, 5) is 15.0. The Morgan fingerprint density at radius 3 is 2.37 bits per heavy atom. The Balaban J connectivity index is 1.62. The monoisotopic (exact) mass is 410 g/mol. The van der Waals surface area contributed by atoms with Crippen LogP contribution in [0.1, 0.15) is 42.2 Å². The zero-order valence-corrected chi connectivity index (χ0v) is 16.8. The Kier molecular flexibility index (Phi) is 5.79. The second-order valence-corrected chi connectivity index (χ2v) is 7.42. The van der Waals surface area contributed by atoms with Gasteiger partial charge in [0, 0.05) is 24.3 Å². The summed E-state index contributed by atoms with van der Waals surface area (Å²) in [5, 5.41) is 9.94. The first-order valence-corrected chi connectivity index (χ1v) is 10.3. The average Bonchev–Trinajstić information content (AvgIpc) is 3.17. The van der Waals surface area contributed by atoms with Gasteiger partial charge in [0.1, 0.15) is 22.9 Å². The van der Waals surface area contributed by atoms with E-state index < -0.39 is 23.1 Å². The standard InChI is InChI=1S/C23H24F2N4O/c1-2-19-22(26-23(30)20-17(24)7-6-8-18(20)25)21(28-27-19)15-9-11-16(12-10-15)29-13-4-3-5-14-29/h6-12H,2-5,13-14H2,1H3,(H,26,30)(H,27,28). The molecule has 1 amide bonds. The number of hydrogen-bond donors (Lipinski definition) is 2. The predicted molar refractivity (Wildman–Crippen MR) is 114 cm³/mol. The number of rotatable bonds is 5. The molecule has 156 valence electrons. The van der Waals surface area contributed by atoms with E-state index in [-0.39, 0.29) is 0 Å². The first-order chi connectivity index (χ1) is 14.6. The number of nitrogens with zero attached hydrogens (tertiary/aromatic N) is 2. The molecule has 2 aromatic carbocycles. The van der Waals surface area contributed by atoms with Crippen molar-refractivity contribution >= 4 is 17.3 Å². The van der Waals surface area contributed by atoms with E-state index in [1.807, 2.05) is 31.2 Å². The molecule has 5 nitrogen and oxygen atoms in total. The number of amides is 1. The predicted octanol–water partition coefficient (Wildman–Crippen LogP) is 5.16. The molecule has 1 saturated heterocycles. The minimum absolute atomic E-state index is 0.441. The van der Waals surface area contributed by atoms with Gasteiger partial charge in [-0.3, -0.25) is 9.89 Å². The third kappa shape index (κ3) is 3.92. The molecule has 0 unspecified atom stereocenters. The number of carbonyl (C=O) groups is 1. The lowest BCUT2D eigenvalue weighted by molar-refractivity contribution is 0.101. The molecule has 1 aliphatic rings. The summed E-state index contributed by atoms with van der Waals surface area (Å²) in [5.41, 5.74) is 3.04. The maximum Gasteiger partial charge on any atom is 0.261 e. The number of aromatic amines is 1. The van der Waals surface area contributed by atoms with E-state index in [1.54, 1.807) is 0 Å². The first kappa shape index (κ1) is 20.1. The van der Waals surface area contributed by atoms with Gasteiger partial charge in [-0.1, -0.05) is 25.1 Å². The van der Waals surface area contributed by atoms with Crippen LogP contribution in [0, 0.1) is 11.6 Å². The van der Waals surface area contributed by atoms with Crippen LogP contribution < -0.4 is 10.2 Å². The van der Waals surface area contributed by atoms with Gasteiger partial charge in [-0.15, -0.1) is 0 Å². The van der Waals surface area contributed by atoms with E-state index in [4.69, 9.17) is 0 Å². The van der Waals surface area contributed by atoms with Gasteiger partial charge in [0.15, 0.2) is 0 Å². The Morgan fingerprint density at radius 1 is 1.07 bits per heavy atom. The second kappa shape index (κ2) is 8.65. The maximum atomic E-state index is 14.0. The van der Waals surface area contributed by atoms with Gasteiger partial charge >= 0.3 is 0 Å². The molecule has 2 N–H and O–H groups in total. The van der Waals surface area contributed by atoms with Gasteiger partial charge < -0.3 is 10.2 Å². The molecule has 0 bridgehead atoms. The smallest absolute Gasteiger partial charge is 0.261 e. The topological polar surface area (TPSA) is 61.0 Å². The van der Waals surface area contributed by atoms with Gasteiger partial charge in [0.05, 0.1) is 11.4 Å². The van der Waals surface area contributed by atoms with Crippen molar-refractivity contribution in [1.29, 1.82) is 0 Å². The van der Waals surface area contributed by atoms with Crippen LogP contribution in [0.2, 0.25) is 0 Å². The highest BCUT2D eigenvalue weighted by Gasteiger charge is 2.22. The number of hydrogen-bond acceptors (Lipinski definition) is 3. The van der Waals surface area contributed by atoms with Crippen molar-refractivity contribution in [3.8, 4) is 11.3 Å². The Labute approximate surface area is 174 Å². The lowest BCUT2D eigenvalue weighted by Gasteiger charge is -2.28. The summed E-state index contributed by atoms with van der Waals surface area (Å²) < 4.78 is 28.1. The van der Waals surface area contributed by atoms with Gasteiger partial charge in [-0.2, -0.15) is 5.10 Å². The van der Waals surface area contributed by atoms with Crippen LogP contribution in [-0.4, -0.2) is 29.2 Å². The Bertz CT molecular complexity index is 1020. The number of halogens is 2. The number of aromatic nitrogens is 2. The van der Waals surface area contributed by atoms with Gasteiger partial charge in [-0.05, 0) is 49.9 Å². The molecule has 2 heterocycles. The fourth-order valence-corrected chi connectivity index (χ4v) is 3.85. The highest BCUT2D eigenvalue weighted by atomic mass is 19.1. The molecule has 1 fully saturated rings. The van der Waals surface area contributed by atoms with Crippen molar-refractivity contribution in [2.75, 3.05) is 23.3 Å². The zero-order valence-electron chi connectivity index (χ0n) is 16.8. The lowest BCUT2D eigenvalue weighted by atomic mass is 10.1. The molecule has 1 aromatic heterocycles. The quantitative estimate of drug-likeness (QED) is 0.611. The minimum Gasteiger partial charge on any atom is -0.372 e. The van der Waals surface area contributed by atoms with Crippen LogP contribution >= 0.6 is 0 Å². The van der Waals surface area contributed by atoms with Gasteiger partial charge in [0.2, 0.25) is 0 Å². The molecule has 0 spiro atoms. The largest absolute Gasteiger partial charge is 0.372 e. The van der Waals surface area contributed by atoms with Crippen molar-refractivity contribution in [1.82, 2.24) is 10.2 Å². The number of aryl methyl sites for hydroxylation is 1. The Morgan fingerprint density at radius 2 is 1.73 bits per heavy atom. The van der Waals surface area contributed by atoms with E-state index in [9.17, 15) is 13.6 Å². The highest BCUT2D eigenvalue weighted by Crippen LogP contribution is 2.32. The van der Waals surface area contributed by atoms with E-state index >= 15 is 0 Å². The van der Waals surface area contributed by atoms with Crippen molar-refractivity contribution in [2.24, 2.45) is 0 Å². The molecule has 0 saturated carbocycles. The fourth-order valence-electron chi connectivity index (χ4n) is 3.85. The molecule has 0 atom stereocenters. The third-order valence-corrected chi connectivity index (χ3v) is 5.49. The number of nitrogens with one attached hydrogen (secondary N) is 2. The molecule has 30 heavy (non-hydrogen) atoms. The average molecular weight is 410 g/mol. The summed E-state index contributed by atoms with van der Waals surface area (Å²) >= 11 is 0. The number of benzene rings is 2. The molecule has 1 aliphatic heterocycles. The maximum absolute atomic E-state index is 14.0. The summed E-state index contributed by atoms with van der Waals surface area (Å²) in [6.07, 6.45) is 4.25. The normalized spacial score (nSPS) is 14.0. The number of piperidine rings is 1. The van der Waals surface area contributed by atoms with E-state index in [2.05, 4.69) is 20.4 Å². The summed E-state index contributed by atoms with van der Waals surface area (Å²) in [6.45, 7) is 4.02. The minimum atomic E-state index is -0.901. The SMILES string of the molecule is CCc1[nH]nc(-c2ccc(N3CCCCC3)cc2)c1NC(=O)c1c(F)cccc1F. The number of anilines is 2. The van der Waals surface area contributed by atoms with E-state index in [0.717, 1.165) is 36.5 Å².